The van der Waals surface area contributed by atoms with Crippen LogP contribution in [0.4, 0.5) is 30.2 Å². The van der Waals surface area contributed by atoms with Gasteiger partial charge in [0, 0.05) is 12.2 Å². The van der Waals surface area contributed by atoms with E-state index in [1.807, 2.05) is 0 Å². The number of alkyl halides is 3. The second-order valence-corrected chi connectivity index (χ2v) is 8.44. The molecular formula is C26H21F3N2O3. The zero-order chi connectivity index (χ0) is 24.3. The molecule has 8 heteroatoms. The zero-order valence-electron chi connectivity index (χ0n) is 18.3. The largest absolute Gasteiger partial charge is 0.508 e. The maximum Gasteiger partial charge on any atom is 0.416 e. The van der Waals surface area contributed by atoms with Crippen LogP contribution in [-0.4, -0.2) is 23.5 Å². The van der Waals surface area contributed by atoms with Crippen molar-refractivity contribution < 1.29 is 27.9 Å². The Morgan fingerprint density at radius 3 is 2.35 bits per heavy atom. The molecule has 5 nitrogen and oxygen atoms in total. The Morgan fingerprint density at radius 1 is 0.941 bits per heavy atom. The van der Waals surface area contributed by atoms with Gasteiger partial charge in [0.05, 0.1) is 16.9 Å². The van der Waals surface area contributed by atoms with Gasteiger partial charge in [0.1, 0.15) is 5.75 Å². The highest BCUT2D eigenvalue weighted by atomic mass is 19.4. The molecule has 1 N–H and O–H groups in total. The molecule has 1 atom stereocenters. The van der Waals surface area contributed by atoms with Gasteiger partial charge in [-0.3, -0.25) is 14.5 Å². The minimum absolute atomic E-state index is 0.00768. The molecule has 0 bridgehead atoms. The number of halogens is 3. The fourth-order valence-corrected chi connectivity index (χ4v) is 5.11. The fourth-order valence-electron chi connectivity index (χ4n) is 5.11. The van der Waals surface area contributed by atoms with Crippen molar-refractivity contribution in [3.8, 4) is 5.75 Å². The number of aromatic hydroxyl groups is 1. The summed E-state index contributed by atoms with van der Waals surface area (Å²) in [6, 6.07) is 16.2. The van der Waals surface area contributed by atoms with Gasteiger partial charge < -0.3 is 10.0 Å². The Labute approximate surface area is 194 Å². The number of phenolic OH excluding ortho intramolecular Hbond substituents is 1. The van der Waals surface area contributed by atoms with E-state index in [4.69, 9.17) is 0 Å². The van der Waals surface area contributed by atoms with Gasteiger partial charge in [-0.2, -0.15) is 13.2 Å². The van der Waals surface area contributed by atoms with Crippen molar-refractivity contribution >= 4 is 28.9 Å². The molecule has 0 fully saturated rings. The molecule has 0 radical (unpaired) electrons. The summed E-state index contributed by atoms with van der Waals surface area (Å²) in [7, 11) is 0. The molecule has 1 spiro atoms. The van der Waals surface area contributed by atoms with E-state index in [0.29, 0.717) is 23.2 Å². The van der Waals surface area contributed by atoms with Gasteiger partial charge >= 0.3 is 6.18 Å². The topological polar surface area (TPSA) is 60.9 Å². The summed E-state index contributed by atoms with van der Waals surface area (Å²) in [5, 5.41) is 10.4. The van der Waals surface area contributed by atoms with Gasteiger partial charge in [-0.1, -0.05) is 30.3 Å². The van der Waals surface area contributed by atoms with E-state index in [1.54, 1.807) is 49.4 Å². The van der Waals surface area contributed by atoms with E-state index in [9.17, 15) is 27.9 Å². The summed E-state index contributed by atoms with van der Waals surface area (Å²) in [5.41, 5.74) is -1.11. The number of rotatable bonds is 2. The Morgan fingerprint density at radius 2 is 1.68 bits per heavy atom. The van der Waals surface area contributed by atoms with Crippen LogP contribution in [0.2, 0.25) is 0 Å². The summed E-state index contributed by atoms with van der Waals surface area (Å²) >= 11 is 0. The number of benzene rings is 3. The number of hydrogen-bond acceptors (Lipinski definition) is 3. The van der Waals surface area contributed by atoms with E-state index >= 15 is 0 Å². The second-order valence-electron chi connectivity index (χ2n) is 8.44. The highest BCUT2D eigenvalue weighted by Gasteiger charge is 2.58. The van der Waals surface area contributed by atoms with Crippen LogP contribution in [-0.2, 0) is 27.6 Å². The predicted molar refractivity (Wildman–Crippen MR) is 121 cm³/mol. The number of carbonyl (C=O) groups is 2. The molecule has 2 amide bonds. The van der Waals surface area contributed by atoms with E-state index in [1.165, 1.54) is 21.9 Å². The van der Waals surface area contributed by atoms with Crippen LogP contribution in [0.3, 0.4) is 0 Å². The predicted octanol–water partition coefficient (Wildman–Crippen LogP) is 5.33. The van der Waals surface area contributed by atoms with Crippen molar-refractivity contribution in [2.24, 2.45) is 0 Å². The van der Waals surface area contributed by atoms with Crippen molar-refractivity contribution in [1.29, 1.82) is 0 Å². The lowest BCUT2D eigenvalue weighted by Crippen LogP contribution is -2.53. The SMILES string of the molecule is CCN1C(=O)C2(CCc3c(O)cccc32)C(=O)N(c2ccccc2)c2cc(C(F)(F)F)ccc21. The average Bonchev–Trinajstić information content (AvgIpc) is 3.19. The lowest BCUT2D eigenvalue weighted by Gasteiger charge is -2.32. The quantitative estimate of drug-likeness (QED) is 0.520. The maximum absolute atomic E-state index is 14.4. The first-order valence-electron chi connectivity index (χ1n) is 10.9. The van der Waals surface area contributed by atoms with E-state index in [-0.39, 0.29) is 30.1 Å². The minimum Gasteiger partial charge on any atom is -0.508 e. The fraction of sp³-hybridized carbons (Fsp3) is 0.231. The minimum atomic E-state index is -4.63. The molecule has 174 valence electrons. The van der Waals surface area contributed by atoms with Gasteiger partial charge in [-0.05, 0) is 67.3 Å². The lowest BCUT2D eigenvalue weighted by molar-refractivity contribution is -0.138. The average molecular weight is 466 g/mol. The van der Waals surface area contributed by atoms with E-state index < -0.39 is 29.0 Å². The zero-order valence-corrected chi connectivity index (χ0v) is 18.3. The number of anilines is 3. The van der Waals surface area contributed by atoms with Gasteiger partial charge in [0.15, 0.2) is 5.41 Å². The van der Waals surface area contributed by atoms with Crippen molar-refractivity contribution in [1.82, 2.24) is 0 Å². The summed E-state index contributed by atoms with van der Waals surface area (Å²) in [5.74, 6) is -1.15. The molecular weight excluding hydrogens is 445 g/mol. The molecule has 1 aliphatic heterocycles. The van der Waals surface area contributed by atoms with Crippen LogP contribution in [0.5, 0.6) is 5.75 Å². The first-order chi connectivity index (χ1) is 16.2. The normalized spacial score (nSPS) is 19.9. The van der Waals surface area contributed by atoms with Crippen molar-refractivity contribution in [3.05, 3.63) is 83.4 Å². The summed E-state index contributed by atoms with van der Waals surface area (Å²) in [4.78, 5) is 31.0. The van der Waals surface area contributed by atoms with Crippen molar-refractivity contribution in [3.63, 3.8) is 0 Å². The summed E-state index contributed by atoms with van der Waals surface area (Å²) < 4.78 is 41.0. The number of likely N-dealkylation sites (N-methyl/N-ethyl adjacent to an activating group) is 1. The molecule has 5 rings (SSSR count). The molecule has 34 heavy (non-hydrogen) atoms. The molecule has 0 saturated carbocycles. The molecule has 1 aliphatic carbocycles. The van der Waals surface area contributed by atoms with Crippen LogP contribution < -0.4 is 9.80 Å². The molecule has 1 heterocycles. The van der Waals surface area contributed by atoms with E-state index in [2.05, 4.69) is 0 Å². The molecule has 2 aliphatic rings. The number of carbonyl (C=O) groups excluding carboxylic acids is 2. The monoisotopic (exact) mass is 466 g/mol. The highest BCUT2D eigenvalue weighted by molar-refractivity contribution is 6.27. The van der Waals surface area contributed by atoms with Crippen molar-refractivity contribution in [2.45, 2.75) is 31.4 Å². The number of nitrogens with zero attached hydrogens (tertiary/aromatic N) is 2. The smallest absolute Gasteiger partial charge is 0.416 e. The third kappa shape index (κ3) is 3.01. The third-order valence-corrected chi connectivity index (χ3v) is 6.70. The van der Waals surface area contributed by atoms with Gasteiger partial charge in [-0.15, -0.1) is 0 Å². The maximum atomic E-state index is 14.4. The molecule has 0 aromatic heterocycles. The van der Waals surface area contributed by atoms with Crippen LogP contribution in [0, 0.1) is 0 Å². The van der Waals surface area contributed by atoms with Crippen LogP contribution in [0.25, 0.3) is 0 Å². The Kier molecular flexibility index (Phi) is 4.93. The van der Waals surface area contributed by atoms with Crippen molar-refractivity contribution in [2.75, 3.05) is 16.3 Å². The third-order valence-electron chi connectivity index (χ3n) is 6.70. The number of phenols is 1. The van der Waals surface area contributed by atoms with Gasteiger partial charge in [0.25, 0.3) is 5.91 Å². The van der Waals surface area contributed by atoms with Gasteiger partial charge in [0.2, 0.25) is 5.91 Å². The first kappa shape index (κ1) is 22.0. The van der Waals surface area contributed by atoms with Gasteiger partial charge in [-0.25, -0.2) is 0 Å². The number of para-hydroxylation sites is 1. The molecule has 3 aromatic carbocycles. The lowest BCUT2D eigenvalue weighted by atomic mass is 9.78. The first-order valence-corrected chi connectivity index (χ1v) is 10.9. The highest BCUT2D eigenvalue weighted by Crippen LogP contribution is 2.51. The molecule has 0 saturated heterocycles. The number of fused-ring (bicyclic) bond motifs is 3. The Bertz CT molecular complexity index is 1310. The summed E-state index contributed by atoms with van der Waals surface area (Å²) in [6.45, 7) is 1.87. The Hall–Kier alpha value is -3.81. The number of hydrogen-bond donors (Lipinski definition) is 1. The van der Waals surface area contributed by atoms with Crippen LogP contribution >= 0.6 is 0 Å². The molecule has 3 aromatic rings. The summed E-state index contributed by atoms with van der Waals surface area (Å²) in [6.07, 6.45) is -4.22. The second kappa shape index (κ2) is 7.62. The van der Waals surface area contributed by atoms with Crippen LogP contribution in [0.1, 0.15) is 30.0 Å². The van der Waals surface area contributed by atoms with E-state index in [0.717, 1.165) is 12.1 Å². The number of amides is 2. The Balaban J connectivity index is 1.84. The molecule has 1 unspecified atom stereocenters. The standard InChI is InChI=1S/C26H21F3N2O3/c1-2-30-20-12-11-16(26(27,28)29)15-21(20)31(17-7-4-3-5-8-17)24(34)25(23(30)33)14-13-18-19(25)9-6-10-22(18)32/h3-12,15,32H,2,13-14H2,1H3. The van der Waals surface area contributed by atoms with Crippen LogP contribution in [0.15, 0.2) is 66.7 Å².